The number of nitrogens with zero attached hydrogens (tertiary/aromatic N) is 2. The van der Waals surface area contributed by atoms with E-state index in [-0.39, 0.29) is 33.9 Å². The molecule has 1 unspecified atom stereocenters. The lowest BCUT2D eigenvalue weighted by Gasteiger charge is -2.26. The topological polar surface area (TPSA) is 100.0 Å². The van der Waals surface area contributed by atoms with E-state index >= 15 is 0 Å². The fourth-order valence-electron chi connectivity index (χ4n) is 3.97. The Balaban J connectivity index is 1.91. The number of aliphatic hydroxyl groups is 1. The first-order valence-corrected chi connectivity index (χ1v) is 11.0. The Morgan fingerprint density at radius 1 is 1.09 bits per heavy atom. The van der Waals surface area contributed by atoms with Crippen molar-refractivity contribution in [3.63, 3.8) is 0 Å². The van der Waals surface area contributed by atoms with E-state index < -0.39 is 17.7 Å². The molecule has 1 amide bonds. The van der Waals surface area contributed by atoms with Crippen LogP contribution in [-0.4, -0.2) is 33.0 Å². The van der Waals surface area contributed by atoms with Gasteiger partial charge in [0.1, 0.15) is 17.3 Å². The minimum Gasteiger partial charge on any atom is -0.507 e. The zero-order valence-electron chi connectivity index (χ0n) is 18.8. The van der Waals surface area contributed by atoms with Crippen molar-refractivity contribution in [1.29, 1.82) is 0 Å². The number of phenolic OH excluding ortho intramolecular Hbond substituents is 1. The van der Waals surface area contributed by atoms with E-state index in [4.69, 9.17) is 16.3 Å². The second kappa shape index (κ2) is 9.19. The molecule has 1 atom stereocenters. The molecule has 1 fully saturated rings. The lowest BCUT2D eigenvalue weighted by Crippen LogP contribution is -2.29. The number of hydrogen-bond donors (Lipinski definition) is 2. The third-order valence-corrected chi connectivity index (χ3v) is 5.71. The second-order valence-electron chi connectivity index (χ2n) is 8.23. The molecule has 4 rings (SSSR count). The number of aryl methyl sites for hydroxylation is 1. The number of amides is 1. The first-order valence-electron chi connectivity index (χ1n) is 10.7. The van der Waals surface area contributed by atoms with E-state index in [2.05, 4.69) is 4.98 Å². The minimum absolute atomic E-state index is 0.0273. The maximum Gasteiger partial charge on any atom is 0.300 e. The van der Waals surface area contributed by atoms with Gasteiger partial charge in [0.25, 0.3) is 11.7 Å². The Kier molecular flexibility index (Phi) is 6.30. The van der Waals surface area contributed by atoms with E-state index in [9.17, 15) is 19.8 Å². The van der Waals surface area contributed by atoms with Crippen LogP contribution < -0.4 is 9.64 Å². The number of rotatable bonds is 5. The van der Waals surface area contributed by atoms with Crippen molar-refractivity contribution in [2.45, 2.75) is 32.9 Å². The van der Waals surface area contributed by atoms with Crippen LogP contribution in [0.1, 0.15) is 36.6 Å². The fraction of sp³-hybridized carbons (Fsp3) is 0.192. The van der Waals surface area contributed by atoms with Crippen LogP contribution in [0.3, 0.4) is 0 Å². The molecule has 1 aromatic heterocycles. The van der Waals surface area contributed by atoms with Crippen molar-refractivity contribution in [2.24, 2.45) is 0 Å². The van der Waals surface area contributed by atoms with Crippen LogP contribution >= 0.6 is 11.6 Å². The number of hydrogen-bond acceptors (Lipinski definition) is 6. The van der Waals surface area contributed by atoms with E-state index in [0.717, 1.165) is 10.5 Å². The van der Waals surface area contributed by atoms with Gasteiger partial charge in [-0.1, -0.05) is 11.6 Å². The van der Waals surface area contributed by atoms with Crippen LogP contribution in [0.25, 0.3) is 5.76 Å². The quantitative estimate of drug-likeness (QED) is 0.298. The van der Waals surface area contributed by atoms with Crippen LogP contribution in [0, 0.1) is 6.92 Å². The molecule has 8 heteroatoms. The van der Waals surface area contributed by atoms with E-state index in [1.807, 2.05) is 20.8 Å². The number of carbonyl (C=O) groups is 2. The number of aromatic nitrogens is 1. The number of phenols is 1. The molecule has 0 bridgehead atoms. The molecule has 0 saturated carbocycles. The predicted octanol–water partition coefficient (Wildman–Crippen LogP) is 5.16. The standard InChI is InChI=1S/C26H23ClN2O5/c1-14(2)34-21-7-4-17(12-15(21)3)24(31)22-23(16-8-10-28-11-9-16)29(26(33)25(22)32)19-13-18(27)5-6-20(19)30/h4-14,23,30-31H,1-3H3/b24-22+. The summed E-state index contributed by atoms with van der Waals surface area (Å²) < 4.78 is 5.76. The third kappa shape index (κ3) is 4.22. The van der Waals surface area contributed by atoms with Crippen molar-refractivity contribution in [2.75, 3.05) is 4.90 Å². The molecule has 2 heterocycles. The van der Waals surface area contributed by atoms with Crippen molar-refractivity contribution in [3.8, 4) is 11.5 Å². The largest absolute Gasteiger partial charge is 0.507 e. The first-order chi connectivity index (χ1) is 16.2. The average Bonchev–Trinajstić information content (AvgIpc) is 3.07. The van der Waals surface area contributed by atoms with Gasteiger partial charge in [-0.15, -0.1) is 0 Å². The zero-order chi connectivity index (χ0) is 24.6. The zero-order valence-corrected chi connectivity index (χ0v) is 19.6. The molecule has 1 aliphatic heterocycles. The van der Waals surface area contributed by atoms with Gasteiger partial charge >= 0.3 is 0 Å². The van der Waals surface area contributed by atoms with E-state index in [1.165, 1.54) is 30.6 Å². The number of benzene rings is 2. The van der Waals surface area contributed by atoms with Crippen LogP contribution in [0.5, 0.6) is 11.5 Å². The average molecular weight is 479 g/mol. The molecule has 3 aromatic rings. The van der Waals surface area contributed by atoms with Gasteiger partial charge in [0.15, 0.2) is 0 Å². The monoisotopic (exact) mass is 478 g/mol. The normalized spacial score (nSPS) is 17.4. The molecule has 2 N–H and O–H groups in total. The van der Waals surface area contributed by atoms with Crippen LogP contribution in [0.2, 0.25) is 5.02 Å². The molecule has 1 saturated heterocycles. The van der Waals surface area contributed by atoms with Gasteiger partial charge in [-0.2, -0.15) is 0 Å². The predicted molar refractivity (Wildman–Crippen MR) is 129 cm³/mol. The molecule has 0 spiro atoms. The third-order valence-electron chi connectivity index (χ3n) is 5.47. The summed E-state index contributed by atoms with van der Waals surface area (Å²) in [5, 5.41) is 22.0. The van der Waals surface area contributed by atoms with Crippen LogP contribution in [0.4, 0.5) is 5.69 Å². The Labute approximate surface area is 201 Å². The van der Waals surface area contributed by atoms with Gasteiger partial charge in [0.2, 0.25) is 0 Å². The number of aromatic hydroxyl groups is 1. The highest BCUT2D eigenvalue weighted by molar-refractivity contribution is 6.52. The Morgan fingerprint density at radius 3 is 2.44 bits per heavy atom. The fourth-order valence-corrected chi connectivity index (χ4v) is 4.14. The maximum absolute atomic E-state index is 13.2. The molecule has 1 aliphatic rings. The maximum atomic E-state index is 13.2. The van der Waals surface area contributed by atoms with Crippen molar-refractivity contribution >= 4 is 34.7 Å². The summed E-state index contributed by atoms with van der Waals surface area (Å²) in [5.74, 6) is -1.67. The summed E-state index contributed by atoms with van der Waals surface area (Å²) >= 11 is 6.12. The summed E-state index contributed by atoms with van der Waals surface area (Å²) in [6.07, 6.45) is 3.02. The Bertz CT molecular complexity index is 1300. The summed E-state index contributed by atoms with van der Waals surface area (Å²) in [6, 6.07) is 11.5. The molecule has 174 valence electrons. The SMILES string of the molecule is Cc1cc(/C(O)=C2\C(=O)C(=O)N(c3cc(Cl)ccc3O)C2c2ccncc2)ccc1OC(C)C. The molecular weight excluding hydrogens is 456 g/mol. The van der Waals surface area contributed by atoms with Crippen molar-refractivity contribution in [3.05, 3.63) is 88.2 Å². The Morgan fingerprint density at radius 2 is 1.79 bits per heavy atom. The number of aliphatic hydroxyl groups excluding tert-OH is 1. The number of pyridine rings is 1. The summed E-state index contributed by atoms with van der Waals surface area (Å²) in [7, 11) is 0. The number of ketones is 1. The lowest BCUT2D eigenvalue weighted by molar-refractivity contribution is -0.132. The van der Waals surface area contributed by atoms with Gasteiger partial charge in [0.05, 0.1) is 23.4 Å². The molecule has 2 aromatic carbocycles. The van der Waals surface area contributed by atoms with Gasteiger partial charge in [-0.25, -0.2) is 0 Å². The summed E-state index contributed by atoms with van der Waals surface area (Å²) in [5.41, 5.74) is 1.62. The molecule has 34 heavy (non-hydrogen) atoms. The summed E-state index contributed by atoms with van der Waals surface area (Å²) in [4.78, 5) is 31.6. The van der Waals surface area contributed by atoms with Gasteiger partial charge in [0, 0.05) is 23.0 Å². The van der Waals surface area contributed by atoms with Gasteiger partial charge in [-0.05, 0) is 80.4 Å². The summed E-state index contributed by atoms with van der Waals surface area (Å²) in [6.45, 7) is 5.65. The van der Waals surface area contributed by atoms with Gasteiger partial charge in [-0.3, -0.25) is 19.5 Å². The van der Waals surface area contributed by atoms with Crippen molar-refractivity contribution in [1.82, 2.24) is 4.98 Å². The van der Waals surface area contributed by atoms with Gasteiger partial charge < -0.3 is 14.9 Å². The molecular formula is C26H23ClN2O5. The number of Topliss-reactive ketones (excluding diaryl/α,β-unsaturated/α-hetero) is 1. The van der Waals surface area contributed by atoms with Crippen LogP contribution in [0.15, 0.2) is 66.5 Å². The first kappa shape index (κ1) is 23.3. The number of halogens is 1. The second-order valence-corrected chi connectivity index (χ2v) is 8.67. The smallest absolute Gasteiger partial charge is 0.300 e. The van der Waals surface area contributed by atoms with Crippen molar-refractivity contribution < 1.29 is 24.5 Å². The molecule has 0 radical (unpaired) electrons. The Hall–Kier alpha value is -3.84. The van der Waals surface area contributed by atoms with Crippen LogP contribution in [-0.2, 0) is 9.59 Å². The number of ether oxygens (including phenoxy) is 1. The highest BCUT2D eigenvalue weighted by Crippen LogP contribution is 2.45. The van der Waals surface area contributed by atoms with E-state index in [1.54, 1.807) is 30.3 Å². The molecule has 0 aliphatic carbocycles. The molecule has 7 nitrogen and oxygen atoms in total. The minimum atomic E-state index is -1.00. The highest BCUT2D eigenvalue weighted by Gasteiger charge is 2.47. The lowest BCUT2D eigenvalue weighted by atomic mass is 9.95. The highest BCUT2D eigenvalue weighted by atomic mass is 35.5. The number of anilines is 1. The number of carbonyl (C=O) groups excluding carboxylic acids is 2. The van der Waals surface area contributed by atoms with E-state index in [0.29, 0.717) is 16.9 Å².